The fourth-order valence-corrected chi connectivity index (χ4v) is 3.96. The highest BCUT2D eigenvalue weighted by Gasteiger charge is 2.20. The Hall–Kier alpha value is -3.29. The second-order valence-corrected chi connectivity index (χ2v) is 8.37. The molecule has 7 heteroatoms. The third-order valence-corrected chi connectivity index (χ3v) is 5.41. The standard InChI is InChI=1S/C26H29FN2O4/c1-4-5-19-10-13-23-25(16(2)3)22(12-11-20(30)14-21(31)15-24(32)33)26(28-29(19)23)17-6-8-18(27)9-7-17/h4,6-13,16,20-21,30-31H,1,5,14-15H2,2-3H3,(H,32,33)/b12-11+. The molecule has 6 nitrogen and oxygen atoms in total. The van der Waals surface area contributed by atoms with Crippen LogP contribution in [0.3, 0.4) is 0 Å². The first kappa shape index (κ1) is 24.4. The van der Waals surface area contributed by atoms with Crippen molar-refractivity contribution in [3.05, 3.63) is 77.8 Å². The van der Waals surface area contributed by atoms with Gasteiger partial charge in [-0.15, -0.1) is 6.58 Å². The second kappa shape index (κ2) is 10.6. The van der Waals surface area contributed by atoms with Crippen molar-refractivity contribution >= 4 is 17.6 Å². The molecule has 0 aliphatic rings. The lowest BCUT2D eigenvalue weighted by atomic mass is 9.93. The van der Waals surface area contributed by atoms with E-state index in [1.165, 1.54) is 18.2 Å². The molecule has 2 unspecified atom stereocenters. The van der Waals surface area contributed by atoms with Crippen LogP contribution in [0.4, 0.5) is 4.39 Å². The van der Waals surface area contributed by atoms with Crippen LogP contribution in [0.2, 0.25) is 0 Å². The number of hydrogen-bond donors (Lipinski definition) is 3. The minimum Gasteiger partial charge on any atom is -0.481 e. The summed E-state index contributed by atoms with van der Waals surface area (Å²) in [5, 5.41) is 33.9. The summed E-state index contributed by atoms with van der Waals surface area (Å²) in [5.41, 5.74) is 5.03. The summed E-state index contributed by atoms with van der Waals surface area (Å²) in [6.07, 6.45) is 2.99. The number of nitrogens with zero attached hydrogens (tertiary/aromatic N) is 2. The van der Waals surface area contributed by atoms with Gasteiger partial charge >= 0.3 is 5.97 Å². The summed E-state index contributed by atoms with van der Waals surface area (Å²) >= 11 is 0. The number of carbonyl (C=O) groups is 1. The average Bonchev–Trinajstić information content (AvgIpc) is 3.13. The maximum atomic E-state index is 13.6. The molecule has 3 rings (SSSR count). The first-order valence-electron chi connectivity index (χ1n) is 10.9. The van der Waals surface area contributed by atoms with E-state index < -0.39 is 24.6 Å². The summed E-state index contributed by atoms with van der Waals surface area (Å²) < 4.78 is 15.5. The summed E-state index contributed by atoms with van der Waals surface area (Å²) in [6.45, 7) is 7.95. The predicted octanol–water partition coefficient (Wildman–Crippen LogP) is 4.59. The summed E-state index contributed by atoms with van der Waals surface area (Å²) in [5.74, 6) is -1.37. The molecule has 174 valence electrons. The molecule has 0 aliphatic carbocycles. The molecule has 2 heterocycles. The zero-order valence-electron chi connectivity index (χ0n) is 18.8. The van der Waals surface area contributed by atoms with E-state index in [0.717, 1.165) is 27.9 Å². The Labute approximate surface area is 192 Å². The van der Waals surface area contributed by atoms with Gasteiger partial charge in [0.25, 0.3) is 0 Å². The van der Waals surface area contributed by atoms with Crippen molar-refractivity contribution < 1.29 is 24.5 Å². The monoisotopic (exact) mass is 452 g/mol. The van der Waals surface area contributed by atoms with Gasteiger partial charge in [0.1, 0.15) is 5.82 Å². The molecule has 1 aromatic carbocycles. The zero-order chi connectivity index (χ0) is 24.1. The number of aromatic nitrogens is 2. The molecular formula is C26H29FN2O4. The SMILES string of the molecule is C=CCc1ccc2c(C(C)C)c(/C=C/C(O)CC(O)CC(=O)O)c(-c3ccc(F)cc3)nn12. The van der Waals surface area contributed by atoms with Crippen LogP contribution >= 0.6 is 0 Å². The van der Waals surface area contributed by atoms with E-state index in [-0.39, 0.29) is 18.2 Å². The molecule has 0 radical (unpaired) electrons. The van der Waals surface area contributed by atoms with Gasteiger partial charge in [-0.25, -0.2) is 8.91 Å². The van der Waals surface area contributed by atoms with Crippen molar-refractivity contribution in [2.75, 3.05) is 0 Å². The molecule has 3 N–H and O–H groups in total. The van der Waals surface area contributed by atoms with E-state index in [2.05, 4.69) is 20.4 Å². The zero-order valence-corrected chi connectivity index (χ0v) is 18.8. The number of allylic oxidation sites excluding steroid dienone is 1. The predicted molar refractivity (Wildman–Crippen MR) is 126 cm³/mol. The normalized spacial score (nSPS) is 13.6. The lowest BCUT2D eigenvalue weighted by molar-refractivity contribution is -0.139. The van der Waals surface area contributed by atoms with Gasteiger partial charge in [0, 0.05) is 29.7 Å². The van der Waals surface area contributed by atoms with Crippen LogP contribution in [0.5, 0.6) is 0 Å². The average molecular weight is 453 g/mol. The van der Waals surface area contributed by atoms with E-state index >= 15 is 0 Å². The lowest BCUT2D eigenvalue weighted by Crippen LogP contribution is -2.19. The molecular weight excluding hydrogens is 423 g/mol. The topological polar surface area (TPSA) is 95.1 Å². The first-order valence-corrected chi connectivity index (χ1v) is 10.9. The van der Waals surface area contributed by atoms with Gasteiger partial charge in [-0.1, -0.05) is 32.1 Å². The van der Waals surface area contributed by atoms with E-state index in [0.29, 0.717) is 12.1 Å². The number of rotatable bonds is 10. The van der Waals surface area contributed by atoms with Gasteiger partial charge in [-0.3, -0.25) is 4.79 Å². The largest absolute Gasteiger partial charge is 0.481 e. The first-order chi connectivity index (χ1) is 15.7. The van der Waals surface area contributed by atoms with Gasteiger partial charge in [0.2, 0.25) is 0 Å². The van der Waals surface area contributed by atoms with Crippen molar-refractivity contribution in [3.63, 3.8) is 0 Å². The van der Waals surface area contributed by atoms with Crippen molar-refractivity contribution in [1.29, 1.82) is 0 Å². The molecule has 3 aromatic rings. The van der Waals surface area contributed by atoms with Crippen LogP contribution in [0.25, 0.3) is 22.9 Å². The number of hydrogen-bond acceptors (Lipinski definition) is 4. The Kier molecular flexibility index (Phi) is 7.79. The van der Waals surface area contributed by atoms with Crippen molar-refractivity contribution in [2.45, 2.75) is 51.2 Å². The molecule has 0 bridgehead atoms. The number of halogens is 1. The Balaban J connectivity index is 2.15. The maximum Gasteiger partial charge on any atom is 0.305 e. The molecule has 33 heavy (non-hydrogen) atoms. The molecule has 2 atom stereocenters. The van der Waals surface area contributed by atoms with Gasteiger partial charge in [0.15, 0.2) is 0 Å². The molecule has 0 amide bonds. The molecule has 0 aliphatic heterocycles. The number of aliphatic hydroxyl groups is 2. The number of aliphatic carboxylic acids is 1. The van der Waals surface area contributed by atoms with Crippen LogP contribution in [0.1, 0.15) is 49.4 Å². The third-order valence-electron chi connectivity index (χ3n) is 5.41. The number of benzene rings is 1. The summed E-state index contributed by atoms with van der Waals surface area (Å²) in [4.78, 5) is 10.8. The van der Waals surface area contributed by atoms with E-state index in [4.69, 9.17) is 10.2 Å². The number of fused-ring (bicyclic) bond motifs is 1. The summed E-state index contributed by atoms with van der Waals surface area (Å²) in [7, 11) is 0. The Morgan fingerprint density at radius 2 is 1.88 bits per heavy atom. The van der Waals surface area contributed by atoms with Crippen molar-refractivity contribution in [1.82, 2.24) is 9.61 Å². The molecule has 0 saturated carbocycles. The van der Waals surface area contributed by atoms with Crippen LogP contribution in [0, 0.1) is 5.82 Å². The number of aliphatic hydroxyl groups excluding tert-OH is 2. The van der Waals surface area contributed by atoms with Gasteiger partial charge < -0.3 is 15.3 Å². The van der Waals surface area contributed by atoms with Crippen LogP contribution in [-0.2, 0) is 11.2 Å². The Morgan fingerprint density at radius 3 is 2.48 bits per heavy atom. The molecule has 2 aromatic heterocycles. The van der Waals surface area contributed by atoms with Crippen LogP contribution < -0.4 is 0 Å². The van der Waals surface area contributed by atoms with Gasteiger partial charge in [-0.2, -0.15) is 5.10 Å². The third kappa shape index (κ3) is 5.74. The number of carboxylic acid groups (broad SMARTS) is 1. The lowest BCUT2D eigenvalue weighted by Gasteiger charge is -2.18. The van der Waals surface area contributed by atoms with Crippen molar-refractivity contribution in [3.8, 4) is 11.3 Å². The van der Waals surface area contributed by atoms with E-state index in [1.807, 2.05) is 22.7 Å². The van der Waals surface area contributed by atoms with Gasteiger partial charge in [-0.05, 0) is 47.9 Å². The fraction of sp³-hybridized carbons (Fsp3) is 0.308. The van der Waals surface area contributed by atoms with Gasteiger partial charge in [0.05, 0.1) is 29.8 Å². The number of carboxylic acids is 1. The highest BCUT2D eigenvalue weighted by atomic mass is 19.1. The molecule has 0 fully saturated rings. The van der Waals surface area contributed by atoms with E-state index in [1.54, 1.807) is 18.2 Å². The smallest absolute Gasteiger partial charge is 0.305 e. The highest BCUT2D eigenvalue weighted by molar-refractivity contribution is 5.79. The minimum absolute atomic E-state index is 0.101. The Morgan fingerprint density at radius 1 is 1.18 bits per heavy atom. The van der Waals surface area contributed by atoms with Crippen LogP contribution in [-0.4, -0.2) is 43.1 Å². The molecule has 0 spiro atoms. The quantitative estimate of drug-likeness (QED) is 0.391. The Bertz CT molecular complexity index is 1170. The fourth-order valence-electron chi connectivity index (χ4n) is 3.96. The maximum absolute atomic E-state index is 13.6. The van der Waals surface area contributed by atoms with Crippen LogP contribution in [0.15, 0.2) is 55.1 Å². The highest BCUT2D eigenvalue weighted by Crippen LogP contribution is 2.34. The van der Waals surface area contributed by atoms with E-state index in [9.17, 15) is 19.4 Å². The van der Waals surface area contributed by atoms with Crippen molar-refractivity contribution in [2.24, 2.45) is 0 Å². The minimum atomic E-state index is -1.16. The second-order valence-electron chi connectivity index (χ2n) is 8.37. The summed E-state index contributed by atoms with van der Waals surface area (Å²) in [6, 6.07) is 10.1. The molecule has 0 saturated heterocycles.